The molecule has 1 N–H and O–H groups in total. The number of amides is 1. The summed E-state index contributed by atoms with van der Waals surface area (Å²) in [5.41, 5.74) is 0.982. The summed E-state index contributed by atoms with van der Waals surface area (Å²) >= 11 is 1.33. The van der Waals surface area contributed by atoms with Crippen LogP contribution in [-0.2, 0) is 4.79 Å². The maximum atomic E-state index is 12.4. The molecule has 2 rings (SSSR count). The average Bonchev–Trinajstić information content (AvgIpc) is 2.94. The van der Waals surface area contributed by atoms with Crippen LogP contribution in [0.4, 0.5) is 5.82 Å². The van der Waals surface area contributed by atoms with E-state index in [-0.39, 0.29) is 18.9 Å². The molecule has 6 heteroatoms. The first-order valence-electron chi connectivity index (χ1n) is 6.08. The van der Waals surface area contributed by atoms with E-state index in [2.05, 4.69) is 4.98 Å². The van der Waals surface area contributed by atoms with Gasteiger partial charge in [-0.25, -0.2) is 4.98 Å². The molecular weight excluding hydrogens is 276 g/mol. The minimum absolute atomic E-state index is 0.0993. The maximum absolute atomic E-state index is 12.4. The molecule has 2 heterocycles. The fourth-order valence-electron chi connectivity index (χ4n) is 1.68. The van der Waals surface area contributed by atoms with Crippen molar-refractivity contribution in [2.24, 2.45) is 0 Å². The third-order valence-corrected chi connectivity index (χ3v) is 3.56. The molecule has 0 radical (unpaired) electrons. The van der Waals surface area contributed by atoms with Crippen molar-refractivity contribution in [2.45, 2.75) is 13.3 Å². The van der Waals surface area contributed by atoms with Crippen molar-refractivity contribution in [1.29, 1.82) is 0 Å². The lowest BCUT2D eigenvalue weighted by atomic mass is 10.3. The Labute approximate surface area is 120 Å². The van der Waals surface area contributed by atoms with Crippen molar-refractivity contribution < 1.29 is 14.7 Å². The fraction of sp³-hybridized carbons (Fsp3) is 0.214. The maximum Gasteiger partial charge on any atom is 0.305 e. The summed E-state index contributed by atoms with van der Waals surface area (Å²) in [7, 11) is 0. The number of rotatable bonds is 5. The Hall–Kier alpha value is -2.21. The van der Waals surface area contributed by atoms with E-state index < -0.39 is 5.97 Å². The number of aromatic nitrogens is 1. The number of nitrogens with zero attached hydrogens (tertiary/aromatic N) is 2. The molecule has 2 aromatic heterocycles. The van der Waals surface area contributed by atoms with E-state index in [4.69, 9.17) is 5.11 Å². The highest BCUT2D eigenvalue weighted by Crippen LogP contribution is 2.18. The van der Waals surface area contributed by atoms with Gasteiger partial charge in [0.15, 0.2) is 0 Å². The van der Waals surface area contributed by atoms with Gasteiger partial charge in [0, 0.05) is 12.7 Å². The molecule has 20 heavy (non-hydrogen) atoms. The number of hydrogen-bond acceptors (Lipinski definition) is 4. The molecule has 0 saturated carbocycles. The Morgan fingerprint density at radius 1 is 1.35 bits per heavy atom. The lowest BCUT2D eigenvalue weighted by molar-refractivity contribution is -0.136. The van der Waals surface area contributed by atoms with Gasteiger partial charge in [-0.15, -0.1) is 11.3 Å². The molecule has 0 aliphatic carbocycles. The van der Waals surface area contributed by atoms with Gasteiger partial charge in [0.2, 0.25) is 0 Å². The number of carbonyl (C=O) groups excluding carboxylic acids is 1. The van der Waals surface area contributed by atoms with Gasteiger partial charge in [-0.1, -0.05) is 12.1 Å². The van der Waals surface area contributed by atoms with Crippen LogP contribution >= 0.6 is 11.3 Å². The van der Waals surface area contributed by atoms with E-state index in [1.165, 1.54) is 16.2 Å². The summed E-state index contributed by atoms with van der Waals surface area (Å²) in [6.45, 7) is 2.00. The first-order chi connectivity index (χ1) is 9.58. The molecule has 1 amide bonds. The zero-order valence-corrected chi connectivity index (χ0v) is 11.8. The predicted octanol–water partition coefficient (Wildman–Crippen LogP) is 2.57. The van der Waals surface area contributed by atoms with Gasteiger partial charge in [0.1, 0.15) is 5.82 Å². The van der Waals surface area contributed by atoms with Gasteiger partial charge in [-0.2, -0.15) is 0 Å². The molecule has 0 spiro atoms. The second-order valence-corrected chi connectivity index (χ2v) is 5.22. The largest absolute Gasteiger partial charge is 0.481 e. The lowest BCUT2D eigenvalue weighted by Gasteiger charge is -2.20. The number of hydrogen-bond donors (Lipinski definition) is 1. The Bertz CT molecular complexity index is 593. The highest BCUT2D eigenvalue weighted by Gasteiger charge is 2.20. The normalized spacial score (nSPS) is 10.2. The Balaban J connectivity index is 2.26. The van der Waals surface area contributed by atoms with Crippen molar-refractivity contribution in [3.63, 3.8) is 0 Å². The molecule has 0 unspecified atom stereocenters. The van der Waals surface area contributed by atoms with Crippen LogP contribution < -0.4 is 4.90 Å². The van der Waals surface area contributed by atoms with Crippen LogP contribution in [-0.4, -0.2) is 28.5 Å². The van der Waals surface area contributed by atoms with Crippen LogP contribution in [0.15, 0.2) is 35.8 Å². The van der Waals surface area contributed by atoms with Crippen LogP contribution in [0.5, 0.6) is 0 Å². The molecule has 0 aromatic carbocycles. The topological polar surface area (TPSA) is 70.5 Å². The molecule has 5 nitrogen and oxygen atoms in total. The third-order valence-electron chi connectivity index (χ3n) is 2.70. The summed E-state index contributed by atoms with van der Waals surface area (Å²) in [6.07, 6.45) is 1.54. The monoisotopic (exact) mass is 290 g/mol. The summed E-state index contributed by atoms with van der Waals surface area (Å²) in [5.74, 6) is -0.700. The number of aliphatic carboxylic acids is 1. The van der Waals surface area contributed by atoms with Crippen molar-refractivity contribution >= 4 is 29.0 Å². The summed E-state index contributed by atoms with van der Waals surface area (Å²) in [5, 5.41) is 10.6. The first kappa shape index (κ1) is 14.2. The zero-order chi connectivity index (χ0) is 14.5. The van der Waals surface area contributed by atoms with Crippen LogP contribution in [0.2, 0.25) is 0 Å². The van der Waals surface area contributed by atoms with Crippen molar-refractivity contribution in [3.8, 4) is 0 Å². The Morgan fingerprint density at radius 3 is 2.70 bits per heavy atom. The van der Waals surface area contributed by atoms with Gasteiger partial charge >= 0.3 is 5.97 Å². The molecule has 0 aliphatic heterocycles. The van der Waals surface area contributed by atoms with Crippen LogP contribution in [0.25, 0.3) is 0 Å². The van der Waals surface area contributed by atoms with Gasteiger partial charge < -0.3 is 5.11 Å². The minimum Gasteiger partial charge on any atom is -0.481 e. The van der Waals surface area contributed by atoms with Gasteiger partial charge in [-0.3, -0.25) is 14.5 Å². The quantitative estimate of drug-likeness (QED) is 0.918. The number of thiophene rings is 1. The highest BCUT2D eigenvalue weighted by atomic mass is 32.1. The van der Waals surface area contributed by atoms with E-state index in [1.54, 1.807) is 24.4 Å². The zero-order valence-electron chi connectivity index (χ0n) is 10.9. The van der Waals surface area contributed by atoms with E-state index in [0.717, 1.165) is 5.56 Å². The standard InChI is InChI=1S/C14H14N2O3S/c1-10-4-5-12(15-9-10)16(7-6-13(17)18)14(19)11-3-2-8-20-11/h2-5,8-9H,6-7H2,1H3,(H,17,18). The van der Waals surface area contributed by atoms with E-state index >= 15 is 0 Å². The molecule has 0 saturated heterocycles. The van der Waals surface area contributed by atoms with E-state index in [1.807, 2.05) is 18.4 Å². The van der Waals surface area contributed by atoms with Crippen LogP contribution in [0.3, 0.4) is 0 Å². The Kier molecular flexibility index (Phi) is 4.47. The molecule has 0 bridgehead atoms. The molecular formula is C14H14N2O3S. The van der Waals surface area contributed by atoms with Gasteiger partial charge in [-0.05, 0) is 30.0 Å². The second-order valence-electron chi connectivity index (χ2n) is 4.27. The first-order valence-corrected chi connectivity index (χ1v) is 6.95. The van der Waals surface area contributed by atoms with Crippen molar-refractivity contribution in [1.82, 2.24) is 4.98 Å². The molecule has 2 aromatic rings. The SMILES string of the molecule is Cc1ccc(N(CCC(=O)O)C(=O)c2cccs2)nc1. The van der Waals surface area contributed by atoms with Gasteiger partial charge in [0.25, 0.3) is 5.91 Å². The molecule has 0 atom stereocenters. The number of pyridine rings is 1. The number of anilines is 1. The fourth-order valence-corrected chi connectivity index (χ4v) is 2.35. The van der Waals surface area contributed by atoms with Crippen LogP contribution in [0, 0.1) is 6.92 Å². The molecule has 0 fully saturated rings. The highest BCUT2D eigenvalue weighted by molar-refractivity contribution is 7.12. The average molecular weight is 290 g/mol. The number of carbonyl (C=O) groups is 2. The smallest absolute Gasteiger partial charge is 0.305 e. The number of carboxylic acids is 1. The van der Waals surface area contributed by atoms with Crippen molar-refractivity contribution in [2.75, 3.05) is 11.4 Å². The molecule has 0 aliphatic rings. The second kappa shape index (κ2) is 6.29. The van der Waals surface area contributed by atoms with E-state index in [9.17, 15) is 9.59 Å². The van der Waals surface area contributed by atoms with Gasteiger partial charge in [0.05, 0.1) is 11.3 Å². The predicted molar refractivity (Wildman–Crippen MR) is 77.2 cm³/mol. The van der Waals surface area contributed by atoms with Crippen molar-refractivity contribution in [3.05, 3.63) is 46.3 Å². The summed E-state index contributed by atoms with van der Waals surface area (Å²) in [6, 6.07) is 7.07. The summed E-state index contributed by atoms with van der Waals surface area (Å²) in [4.78, 5) is 29.3. The lowest BCUT2D eigenvalue weighted by Crippen LogP contribution is -2.33. The van der Waals surface area contributed by atoms with Crippen LogP contribution in [0.1, 0.15) is 21.7 Å². The number of carboxylic acid groups (broad SMARTS) is 1. The minimum atomic E-state index is -0.943. The Morgan fingerprint density at radius 2 is 2.15 bits per heavy atom. The molecule has 104 valence electrons. The third kappa shape index (κ3) is 3.42. The number of aryl methyl sites for hydroxylation is 1. The summed E-state index contributed by atoms with van der Waals surface area (Å²) < 4.78 is 0. The van der Waals surface area contributed by atoms with E-state index in [0.29, 0.717) is 10.7 Å².